The lowest BCUT2D eigenvalue weighted by Crippen LogP contribution is -2.16. The monoisotopic (exact) mass is 233 g/mol. The van der Waals surface area contributed by atoms with E-state index >= 15 is 0 Å². The molecule has 0 radical (unpaired) electrons. The van der Waals surface area contributed by atoms with E-state index in [1.165, 1.54) is 11.1 Å². The lowest BCUT2D eigenvalue weighted by atomic mass is 10.6. The third-order valence-electron chi connectivity index (χ3n) is 1.71. The van der Waals surface area contributed by atoms with Crippen LogP contribution in [0.15, 0.2) is 6.20 Å². The molecule has 2 N–H and O–H groups in total. The minimum atomic E-state index is 0.175. The predicted octanol–water partition coefficient (Wildman–Crippen LogP) is -2.24. The molecule has 0 saturated heterocycles. The summed E-state index contributed by atoms with van der Waals surface area (Å²) in [7, 11) is 0. The molecular weight excluding hydrogens is 230 g/mol. The molecule has 3 rings (SSSR count). The van der Waals surface area contributed by atoms with Crippen LogP contribution >= 0.6 is 0 Å². The normalized spacial score (nSPS) is 10.4. The van der Waals surface area contributed by atoms with E-state index < -0.39 is 0 Å². The molecule has 3 heterocycles. The number of nitrogens with zero attached hydrogens (tertiary/aromatic N) is 11. The Kier molecular flexibility index (Phi) is 2.04. The number of hydrogen-bond donors (Lipinski definition) is 2. The molecule has 3 aromatic rings. The molecule has 0 unspecified atom stereocenters. The summed E-state index contributed by atoms with van der Waals surface area (Å²) >= 11 is 0. The maximum absolute atomic E-state index is 3.79. The van der Waals surface area contributed by atoms with E-state index in [0.29, 0.717) is 0 Å². The smallest absolute Gasteiger partial charge is 0.221 e. The first-order valence-corrected chi connectivity index (χ1v) is 4.23. The summed E-state index contributed by atoms with van der Waals surface area (Å²) in [5, 5.41) is 40.7. The van der Waals surface area contributed by atoms with E-state index in [1.807, 2.05) is 0 Å². The Morgan fingerprint density at radius 3 is 2.06 bits per heavy atom. The number of tetrazole rings is 2. The molecule has 0 aliphatic rings. The van der Waals surface area contributed by atoms with Crippen LogP contribution in [-0.4, -0.2) is 61.9 Å². The van der Waals surface area contributed by atoms with Crippen molar-refractivity contribution in [3.05, 3.63) is 6.20 Å². The fourth-order valence-electron chi connectivity index (χ4n) is 1.09. The minimum absolute atomic E-state index is 0.175. The SMILES string of the molecule is c1nnnnc1N(c1nn[nH]n1)c1nn[nH]n1. The van der Waals surface area contributed by atoms with E-state index in [4.69, 9.17) is 0 Å². The predicted molar refractivity (Wildman–Crippen MR) is 47.8 cm³/mol. The van der Waals surface area contributed by atoms with Gasteiger partial charge in [-0.3, -0.25) is 0 Å². The fraction of sp³-hybridized carbons (Fsp3) is 0. The van der Waals surface area contributed by atoms with Crippen molar-refractivity contribution in [3.8, 4) is 0 Å². The molecule has 0 amide bonds. The quantitative estimate of drug-likeness (QED) is 0.502. The van der Waals surface area contributed by atoms with Gasteiger partial charge < -0.3 is 0 Å². The van der Waals surface area contributed by atoms with Crippen molar-refractivity contribution >= 4 is 17.7 Å². The summed E-state index contributed by atoms with van der Waals surface area (Å²) < 4.78 is 0. The highest BCUT2D eigenvalue weighted by molar-refractivity contribution is 5.61. The summed E-state index contributed by atoms with van der Waals surface area (Å²) in [4.78, 5) is 1.34. The Labute approximate surface area is 91.6 Å². The number of H-pyrrole nitrogens is 2. The van der Waals surface area contributed by atoms with Crippen molar-refractivity contribution in [1.82, 2.24) is 61.9 Å². The molecule has 0 spiro atoms. The van der Waals surface area contributed by atoms with Gasteiger partial charge in [-0.15, -0.1) is 20.4 Å². The molecule has 13 heteroatoms. The molecule has 0 aromatic carbocycles. The molecule has 0 saturated carbocycles. The van der Waals surface area contributed by atoms with Crippen molar-refractivity contribution in [2.75, 3.05) is 4.90 Å². The van der Waals surface area contributed by atoms with Gasteiger partial charge in [0, 0.05) is 0 Å². The fourth-order valence-corrected chi connectivity index (χ4v) is 1.09. The van der Waals surface area contributed by atoms with Crippen LogP contribution < -0.4 is 4.90 Å². The highest BCUT2D eigenvalue weighted by Crippen LogP contribution is 2.23. The standard InChI is InChI=1S/C4H3N13/c1-2(6-12-11-5-1)17(3-7-13-14-8-3)4-9-15-16-10-4/h1H,(H,7,8,13,14)(H,9,10,15,16). The average Bonchev–Trinajstić information content (AvgIpc) is 3.04. The second-order valence-electron chi connectivity index (χ2n) is 2.64. The number of rotatable bonds is 3. The van der Waals surface area contributed by atoms with Gasteiger partial charge in [-0.25, -0.2) is 4.90 Å². The van der Waals surface area contributed by atoms with Gasteiger partial charge in [0.1, 0.15) is 0 Å². The molecule has 0 atom stereocenters. The highest BCUT2D eigenvalue weighted by Gasteiger charge is 2.21. The molecule has 0 fully saturated rings. The Morgan fingerprint density at radius 2 is 1.59 bits per heavy atom. The van der Waals surface area contributed by atoms with Crippen molar-refractivity contribution in [2.24, 2.45) is 0 Å². The maximum atomic E-state index is 3.79. The molecule has 3 aromatic heterocycles. The average molecular weight is 233 g/mol. The van der Waals surface area contributed by atoms with Crippen LogP contribution in [0.2, 0.25) is 0 Å². The second-order valence-corrected chi connectivity index (χ2v) is 2.64. The number of hydrogen-bond acceptors (Lipinski definition) is 11. The van der Waals surface area contributed by atoms with Gasteiger partial charge in [-0.2, -0.15) is 10.4 Å². The van der Waals surface area contributed by atoms with Crippen LogP contribution in [0.4, 0.5) is 17.7 Å². The second kappa shape index (κ2) is 3.80. The Morgan fingerprint density at radius 1 is 0.882 bits per heavy atom. The van der Waals surface area contributed by atoms with Crippen LogP contribution in [0.5, 0.6) is 0 Å². The number of aromatic nitrogens is 12. The molecule has 84 valence electrons. The molecule has 0 bridgehead atoms. The largest absolute Gasteiger partial charge is 0.278 e. The minimum Gasteiger partial charge on any atom is -0.221 e. The summed E-state index contributed by atoms with van der Waals surface area (Å²) in [5.74, 6) is 0.630. The van der Waals surface area contributed by atoms with Gasteiger partial charge in [0.15, 0.2) is 5.82 Å². The van der Waals surface area contributed by atoms with Crippen molar-refractivity contribution < 1.29 is 0 Å². The van der Waals surface area contributed by atoms with Gasteiger partial charge in [0.05, 0.1) is 6.20 Å². The van der Waals surface area contributed by atoms with Gasteiger partial charge in [0.25, 0.3) is 11.9 Å². The third-order valence-corrected chi connectivity index (χ3v) is 1.71. The van der Waals surface area contributed by atoms with E-state index in [2.05, 4.69) is 61.9 Å². The van der Waals surface area contributed by atoms with Gasteiger partial charge in [-0.1, -0.05) is 10.2 Å². The summed E-state index contributed by atoms with van der Waals surface area (Å²) in [6, 6.07) is 0. The maximum Gasteiger partial charge on any atom is 0.278 e. The molecule has 13 nitrogen and oxygen atoms in total. The topological polar surface area (TPSA) is 164 Å². The van der Waals surface area contributed by atoms with Crippen molar-refractivity contribution in [2.45, 2.75) is 0 Å². The first kappa shape index (κ1) is 9.13. The van der Waals surface area contributed by atoms with E-state index in [1.54, 1.807) is 0 Å². The molecule has 17 heavy (non-hydrogen) atoms. The van der Waals surface area contributed by atoms with Gasteiger partial charge in [0.2, 0.25) is 0 Å². The zero-order valence-corrected chi connectivity index (χ0v) is 8.00. The van der Waals surface area contributed by atoms with Gasteiger partial charge >= 0.3 is 0 Å². The third kappa shape index (κ3) is 1.60. The Hall–Kier alpha value is -3.12. The molecule has 0 aliphatic carbocycles. The van der Waals surface area contributed by atoms with Crippen LogP contribution in [-0.2, 0) is 0 Å². The zero-order valence-electron chi connectivity index (χ0n) is 8.00. The van der Waals surface area contributed by atoms with E-state index in [9.17, 15) is 0 Å². The van der Waals surface area contributed by atoms with Crippen LogP contribution in [0.25, 0.3) is 0 Å². The zero-order chi connectivity index (χ0) is 11.5. The van der Waals surface area contributed by atoms with Crippen LogP contribution in [0, 0.1) is 0 Å². The first-order chi connectivity index (χ1) is 8.45. The lowest BCUT2D eigenvalue weighted by molar-refractivity contribution is 0.755. The number of aromatic amines is 2. The summed E-state index contributed by atoms with van der Waals surface area (Å²) in [6.07, 6.45) is 1.35. The van der Waals surface area contributed by atoms with Crippen LogP contribution in [0.3, 0.4) is 0 Å². The molecule has 0 aliphatic heterocycles. The van der Waals surface area contributed by atoms with E-state index in [-0.39, 0.29) is 17.7 Å². The van der Waals surface area contributed by atoms with Crippen molar-refractivity contribution in [1.29, 1.82) is 0 Å². The Balaban J connectivity index is 2.10. The lowest BCUT2D eigenvalue weighted by Gasteiger charge is -2.11. The first-order valence-electron chi connectivity index (χ1n) is 4.23. The van der Waals surface area contributed by atoms with E-state index in [0.717, 1.165) is 0 Å². The summed E-state index contributed by atoms with van der Waals surface area (Å²) in [5.41, 5.74) is 0. The Bertz CT molecular complexity index is 521. The van der Waals surface area contributed by atoms with Crippen molar-refractivity contribution in [3.63, 3.8) is 0 Å². The molecular formula is C4H3N13. The number of anilines is 3. The highest BCUT2D eigenvalue weighted by atomic mass is 15.6. The number of nitrogens with one attached hydrogen (secondary N) is 2. The summed E-state index contributed by atoms with van der Waals surface area (Å²) in [6.45, 7) is 0. The van der Waals surface area contributed by atoms with Gasteiger partial charge in [-0.05, 0) is 20.9 Å². The van der Waals surface area contributed by atoms with Crippen LogP contribution in [0.1, 0.15) is 0 Å².